The van der Waals surface area contributed by atoms with Gasteiger partial charge >= 0.3 is 0 Å². The van der Waals surface area contributed by atoms with E-state index in [9.17, 15) is 0 Å². The van der Waals surface area contributed by atoms with Crippen LogP contribution in [-0.4, -0.2) is 11.6 Å². The maximum atomic E-state index is 8.65. The molecule has 15 heavy (non-hydrogen) atoms. The number of rotatable bonds is 5. The molecule has 0 radical (unpaired) electrons. The maximum Gasteiger partial charge on any atom is 0.140 e. The fraction of sp³-hybridized carbons (Fsp3) is 0.500. The number of aromatic nitrogens is 1. The van der Waals surface area contributed by atoms with Crippen LogP contribution in [0.5, 0.6) is 0 Å². The number of nitrogens with zero attached hydrogens (tertiary/aromatic N) is 2. The summed E-state index contributed by atoms with van der Waals surface area (Å²) in [5, 5.41) is 8.65. The molecule has 0 saturated heterocycles. The first-order valence-corrected chi connectivity index (χ1v) is 5.15. The molecule has 0 unspecified atom stereocenters. The van der Waals surface area contributed by atoms with Crippen molar-refractivity contribution in [2.75, 3.05) is 6.61 Å². The van der Waals surface area contributed by atoms with Gasteiger partial charge in [0.05, 0.1) is 6.61 Å². The second-order valence-corrected chi connectivity index (χ2v) is 3.90. The van der Waals surface area contributed by atoms with E-state index in [1.54, 1.807) is 12.3 Å². The molecule has 0 aliphatic carbocycles. The van der Waals surface area contributed by atoms with E-state index in [4.69, 9.17) is 10.00 Å². The molecular formula is C12H16N2O. The van der Waals surface area contributed by atoms with Crippen molar-refractivity contribution in [1.29, 1.82) is 5.26 Å². The van der Waals surface area contributed by atoms with Crippen molar-refractivity contribution in [2.24, 2.45) is 5.92 Å². The molecule has 0 bridgehead atoms. The molecule has 0 saturated carbocycles. The van der Waals surface area contributed by atoms with E-state index in [0.717, 1.165) is 18.6 Å². The fourth-order valence-corrected chi connectivity index (χ4v) is 1.13. The summed E-state index contributed by atoms with van der Waals surface area (Å²) in [7, 11) is 0. The van der Waals surface area contributed by atoms with Crippen molar-refractivity contribution in [3.8, 4) is 6.07 Å². The molecule has 0 atom stereocenters. The Bertz CT molecular complexity index is 342. The van der Waals surface area contributed by atoms with Gasteiger partial charge in [-0.05, 0) is 30.0 Å². The van der Waals surface area contributed by atoms with Crippen molar-refractivity contribution in [3.63, 3.8) is 0 Å². The van der Waals surface area contributed by atoms with Crippen LogP contribution in [0.25, 0.3) is 0 Å². The number of ether oxygens (including phenoxy) is 1. The molecule has 1 rings (SSSR count). The van der Waals surface area contributed by atoms with Crippen LogP contribution in [0.3, 0.4) is 0 Å². The zero-order chi connectivity index (χ0) is 11.1. The van der Waals surface area contributed by atoms with E-state index >= 15 is 0 Å². The van der Waals surface area contributed by atoms with Crippen LogP contribution in [0, 0.1) is 17.2 Å². The monoisotopic (exact) mass is 204 g/mol. The fourth-order valence-electron chi connectivity index (χ4n) is 1.13. The predicted octanol–water partition coefficient (Wildman–Crippen LogP) is 2.52. The molecule has 0 aromatic carbocycles. The standard InChI is InChI=1S/C12H16N2O/c1-10(2)4-6-15-9-11-3-5-14-12(7-11)8-13/h3,5,7,10H,4,6,9H2,1-2H3. The summed E-state index contributed by atoms with van der Waals surface area (Å²) < 4.78 is 5.49. The lowest BCUT2D eigenvalue weighted by atomic mass is 10.1. The summed E-state index contributed by atoms with van der Waals surface area (Å²) in [6.45, 7) is 5.67. The van der Waals surface area contributed by atoms with Crippen LogP contribution in [0.15, 0.2) is 18.3 Å². The van der Waals surface area contributed by atoms with Crippen LogP contribution in [0.2, 0.25) is 0 Å². The highest BCUT2D eigenvalue weighted by molar-refractivity contribution is 5.24. The van der Waals surface area contributed by atoms with Crippen LogP contribution >= 0.6 is 0 Å². The second-order valence-electron chi connectivity index (χ2n) is 3.90. The van der Waals surface area contributed by atoms with Crippen LogP contribution in [0.1, 0.15) is 31.5 Å². The highest BCUT2D eigenvalue weighted by atomic mass is 16.5. The SMILES string of the molecule is CC(C)CCOCc1ccnc(C#N)c1. The zero-order valence-electron chi connectivity index (χ0n) is 9.23. The summed E-state index contributed by atoms with van der Waals surface area (Å²) in [6, 6.07) is 5.64. The minimum atomic E-state index is 0.444. The van der Waals surface area contributed by atoms with Gasteiger partial charge in [-0.15, -0.1) is 0 Å². The average molecular weight is 204 g/mol. The van der Waals surface area contributed by atoms with E-state index < -0.39 is 0 Å². The first-order valence-electron chi connectivity index (χ1n) is 5.15. The highest BCUT2D eigenvalue weighted by Crippen LogP contribution is 2.05. The molecule has 80 valence electrons. The van der Waals surface area contributed by atoms with E-state index in [2.05, 4.69) is 18.8 Å². The Kier molecular flexibility index (Phi) is 4.79. The molecule has 0 fully saturated rings. The third-order valence-electron chi connectivity index (χ3n) is 2.05. The van der Waals surface area contributed by atoms with Gasteiger partial charge < -0.3 is 4.74 Å². The molecular weight excluding hydrogens is 188 g/mol. The number of pyridine rings is 1. The van der Waals surface area contributed by atoms with Crippen LogP contribution < -0.4 is 0 Å². The van der Waals surface area contributed by atoms with Gasteiger partial charge in [0.25, 0.3) is 0 Å². The Morgan fingerprint density at radius 1 is 1.53 bits per heavy atom. The lowest BCUT2D eigenvalue weighted by Crippen LogP contribution is -1.99. The quantitative estimate of drug-likeness (QED) is 0.692. The molecule has 1 aromatic rings. The molecule has 0 aliphatic rings. The van der Waals surface area contributed by atoms with Crippen molar-refractivity contribution >= 4 is 0 Å². The second kappa shape index (κ2) is 6.15. The van der Waals surface area contributed by atoms with Crippen LogP contribution in [-0.2, 0) is 11.3 Å². The molecule has 0 amide bonds. The van der Waals surface area contributed by atoms with E-state index in [-0.39, 0.29) is 0 Å². The van der Waals surface area contributed by atoms with Gasteiger partial charge in [0, 0.05) is 12.8 Å². The number of hydrogen-bond donors (Lipinski definition) is 0. The minimum absolute atomic E-state index is 0.444. The topological polar surface area (TPSA) is 45.9 Å². The summed E-state index contributed by atoms with van der Waals surface area (Å²) in [5.74, 6) is 0.664. The first-order chi connectivity index (χ1) is 7.22. The van der Waals surface area contributed by atoms with Crippen LogP contribution in [0.4, 0.5) is 0 Å². The summed E-state index contributed by atoms with van der Waals surface area (Å²) in [5.41, 5.74) is 1.45. The van der Waals surface area contributed by atoms with Gasteiger partial charge in [0.15, 0.2) is 0 Å². The Labute approximate surface area is 90.7 Å². The zero-order valence-corrected chi connectivity index (χ0v) is 9.23. The van der Waals surface area contributed by atoms with Crippen molar-refractivity contribution in [2.45, 2.75) is 26.9 Å². The average Bonchev–Trinajstić information content (AvgIpc) is 2.24. The minimum Gasteiger partial charge on any atom is -0.377 e. The van der Waals surface area contributed by atoms with Gasteiger partial charge in [-0.1, -0.05) is 13.8 Å². The third-order valence-corrected chi connectivity index (χ3v) is 2.05. The number of nitriles is 1. The van der Waals surface area contributed by atoms with Gasteiger partial charge in [-0.25, -0.2) is 4.98 Å². The molecule has 1 aromatic heterocycles. The Hall–Kier alpha value is -1.40. The molecule has 0 N–H and O–H groups in total. The summed E-state index contributed by atoms with van der Waals surface area (Å²) in [4.78, 5) is 3.90. The lowest BCUT2D eigenvalue weighted by Gasteiger charge is -2.06. The lowest BCUT2D eigenvalue weighted by molar-refractivity contribution is 0.110. The smallest absolute Gasteiger partial charge is 0.140 e. The van der Waals surface area contributed by atoms with Gasteiger partial charge in [0.1, 0.15) is 11.8 Å². The van der Waals surface area contributed by atoms with E-state index in [1.165, 1.54) is 0 Å². The Balaban J connectivity index is 2.35. The molecule has 3 heteroatoms. The van der Waals surface area contributed by atoms with E-state index in [0.29, 0.717) is 18.2 Å². The van der Waals surface area contributed by atoms with Crippen molar-refractivity contribution in [3.05, 3.63) is 29.6 Å². The Morgan fingerprint density at radius 3 is 3.00 bits per heavy atom. The van der Waals surface area contributed by atoms with Crippen molar-refractivity contribution in [1.82, 2.24) is 4.98 Å². The summed E-state index contributed by atoms with van der Waals surface area (Å²) >= 11 is 0. The Morgan fingerprint density at radius 2 is 2.33 bits per heavy atom. The summed E-state index contributed by atoms with van der Waals surface area (Å²) in [6.07, 6.45) is 2.70. The molecule has 3 nitrogen and oxygen atoms in total. The predicted molar refractivity (Wildman–Crippen MR) is 58.1 cm³/mol. The highest BCUT2D eigenvalue weighted by Gasteiger charge is 1.97. The maximum absolute atomic E-state index is 8.65. The van der Waals surface area contributed by atoms with Gasteiger partial charge in [-0.3, -0.25) is 0 Å². The molecule has 0 aliphatic heterocycles. The molecule has 0 spiro atoms. The first kappa shape index (κ1) is 11.7. The largest absolute Gasteiger partial charge is 0.377 e. The molecule has 1 heterocycles. The normalized spacial score (nSPS) is 10.3. The van der Waals surface area contributed by atoms with E-state index in [1.807, 2.05) is 12.1 Å². The van der Waals surface area contributed by atoms with Crippen molar-refractivity contribution < 1.29 is 4.74 Å². The third kappa shape index (κ3) is 4.57. The number of hydrogen-bond acceptors (Lipinski definition) is 3. The van der Waals surface area contributed by atoms with Gasteiger partial charge in [-0.2, -0.15) is 5.26 Å². The van der Waals surface area contributed by atoms with Gasteiger partial charge in [0.2, 0.25) is 0 Å².